The van der Waals surface area contributed by atoms with Crippen LogP contribution in [-0.4, -0.2) is 45.8 Å². The van der Waals surface area contributed by atoms with E-state index in [2.05, 4.69) is 23.8 Å². The minimum atomic E-state index is -0.221. The quantitative estimate of drug-likeness (QED) is 0.634. The van der Waals surface area contributed by atoms with Gasteiger partial charge in [0.2, 0.25) is 0 Å². The van der Waals surface area contributed by atoms with Crippen molar-refractivity contribution in [2.45, 2.75) is 78.3 Å². The maximum Gasteiger partial charge on any atom is 0.305 e. The second-order valence-electron chi connectivity index (χ2n) is 8.43. The summed E-state index contributed by atoms with van der Waals surface area (Å²) in [5, 5.41) is 4.65. The average molecular weight is 412 g/mol. The number of carbonyl (C=O) groups is 2. The summed E-state index contributed by atoms with van der Waals surface area (Å²) in [6.07, 6.45) is 5.55. The molecule has 30 heavy (non-hydrogen) atoms. The highest BCUT2D eigenvalue weighted by atomic mass is 16.5. The van der Waals surface area contributed by atoms with Crippen LogP contribution in [0.3, 0.4) is 0 Å². The number of methoxy groups -OCH3 is 1. The summed E-state index contributed by atoms with van der Waals surface area (Å²) in [6.45, 7) is 8.15. The molecule has 0 aliphatic heterocycles. The van der Waals surface area contributed by atoms with Gasteiger partial charge in [0, 0.05) is 29.8 Å². The van der Waals surface area contributed by atoms with E-state index in [0.29, 0.717) is 24.4 Å². The zero-order chi connectivity index (χ0) is 21.8. The maximum absolute atomic E-state index is 13.2. The molecular weight excluding hydrogens is 378 g/mol. The number of hydrogen-bond acceptors (Lipinski definition) is 4. The first-order chi connectivity index (χ1) is 14.3. The summed E-state index contributed by atoms with van der Waals surface area (Å²) in [4.78, 5) is 26.7. The molecule has 6 heteroatoms. The van der Waals surface area contributed by atoms with Gasteiger partial charge in [-0.25, -0.2) is 4.68 Å². The highest BCUT2D eigenvalue weighted by Gasteiger charge is 2.29. The van der Waals surface area contributed by atoms with Crippen LogP contribution in [0.5, 0.6) is 0 Å². The number of rotatable bonds is 7. The molecule has 1 amide bonds. The Kier molecular flexibility index (Phi) is 6.95. The van der Waals surface area contributed by atoms with Crippen LogP contribution in [0.1, 0.15) is 73.3 Å². The topological polar surface area (TPSA) is 64.4 Å². The van der Waals surface area contributed by atoms with Gasteiger partial charge in [-0.15, -0.1) is 0 Å². The molecule has 0 radical (unpaired) electrons. The number of hydrogen-bond donors (Lipinski definition) is 0. The first-order valence-electron chi connectivity index (χ1n) is 10.9. The molecular formula is C24H33N3O3. The van der Waals surface area contributed by atoms with Gasteiger partial charge in [0.05, 0.1) is 18.5 Å². The molecule has 0 spiro atoms. The first-order valence-corrected chi connectivity index (χ1v) is 10.9. The molecule has 1 aromatic heterocycles. The minimum Gasteiger partial charge on any atom is -0.469 e. The fourth-order valence-electron chi connectivity index (χ4n) is 4.52. The van der Waals surface area contributed by atoms with Crippen molar-refractivity contribution in [3.05, 3.63) is 46.8 Å². The summed E-state index contributed by atoms with van der Waals surface area (Å²) in [6, 6.07) is 8.23. The van der Waals surface area contributed by atoms with E-state index < -0.39 is 0 Å². The Labute approximate surface area is 179 Å². The maximum atomic E-state index is 13.2. The van der Waals surface area contributed by atoms with Gasteiger partial charge in [0.15, 0.2) is 0 Å². The van der Waals surface area contributed by atoms with E-state index in [9.17, 15) is 9.59 Å². The van der Waals surface area contributed by atoms with Crippen molar-refractivity contribution >= 4 is 11.9 Å². The second kappa shape index (κ2) is 9.45. The molecule has 0 saturated heterocycles. The third kappa shape index (κ3) is 4.58. The van der Waals surface area contributed by atoms with Crippen molar-refractivity contribution in [3.63, 3.8) is 0 Å². The smallest absolute Gasteiger partial charge is 0.305 e. The van der Waals surface area contributed by atoms with Crippen LogP contribution in [0.4, 0.5) is 0 Å². The third-order valence-corrected chi connectivity index (χ3v) is 6.12. The Morgan fingerprint density at radius 3 is 2.37 bits per heavy atom. The van der Waals surface area contributed by atoms with E-state index in [4.69, 9.17) is 4.74 Å². The van der Waals surface area contributed by atoms with E-state index in [1.165, 1.54) is 20.0 Å². The minimum absolute atomic E-state index is 0.107. The zero-order valence-electron chi connectivity index (χ0n) is 18.8. The van der Waals surface area contributed by atoms with Crippen molar-refractivity contribution in [1.29, 1.82) is 0 Å². The molecule has 0 bridgehead atoms. The first kappa shape index (κ1) is 22.1. The number of amides is 1. The molecule has 162 valence electrons. The van der Waals surface area contributed by atoms with Gasteiger partial charge in [0.25, 0.3) is 5.91 Å². The standard InChI is InChI=1S/C24H33N3O3/c1-16(2)26(20-8-6-7-9-20)24(29)19-10-12-21(13-11-19)27-18(4)22(17(3)25-27)14-15-23(28)30-5/h10-13,16,20H,6-9,14-15H2,1-5H3. The number of aryl methyl sites for hydroxylation is 1. The lowest BCUT2D eigenvalue weighted by Crippen LogP contribution is -2.43. The lowest BCUT2D eigenvalue weighted by atomic mass is 10.1. The summed E-state index contributed by atoms with van der Waals surface area (Å²) in [5.74, 6) is -0.114. The van der Waals surface area contributed by atoms with Crippen molar-refractivity contribution in [3.8, 4) is 5.69 Å². The Morgan fingerprint density at radius 2 is 1.80 bits per heavy atom. The number of aromatic nitrogens is 2. The third-order valence-electron chi connectivity index (χ3n) is 6.12. The molecule has 3 rings (SSSR count). The highest BCUT2D eigenvalue weighted by molar-refractivity contribution is 5.94. The number of esters is 1. The Bertz CT molecular complexity index is 893. The molecule has 0 unspecified atom stereocenters. The predicted octanol–water partition coefficient (Wildman–Crippen LogP) is 4.39. The molecule has 1 saturated carbocycles. The van der Waals surface area contributed by atoms with E-state index >= 15 is 0 Å². The average Bonchev–Trinajstić information content (AvgIpc) is 3.34. The lowest BCUT2D eigenvalue weighted by molar-refractivity contribution is -0.140. The number of nitrogens with zero attached hydrogens (tertiary/aromatic N) is 3. The summed E-state index contributed by atoms with van der Waals surface area (Å²) in [7, 11) is 1.40. The van der Waals surface area contributed by atoms with E-state index in [1.807, 2.05) is 42.8 Å². The number of benzene rings is 1. The largest absolute Gasteiger partial charge is 0.469 e. The molecule has 6 nitrogen and oxygen atoms in total. The van der Waals surface area contributed by atoms with E-state index in [0.717, 1.165) is 35.5 Å². The van der Waals surface area contributed by atoms with Gasteiger partial charge in [-0.1, -0.05) is 12.8 Å². The number of ether oxygens (including phenoxy) is 1. The Hall–Kier alpha value is -2.63. The lowest BCUT2D eigenvalue weighted by Gasteiger charge is -2.33. The molecule has 0 atom stereocenters. The van der Waals surface area contributed by atoms with Gasteiger partial charge in [-0.3, -0.25) is 9.59 Å². The van der Waals surface area contributed by atoms with Gasteiger partial charge in [-0.05, 0) is 76.8 Å². The summed E-state index contributed by atoms with van der Waals surface area (Å²) >= 11 is 0. The molecule has 1 aliphatic rings. The van der Waals surface area contributed by atoms with Crippen LogP contribution in [0.25, 0.3) is 5.69 Å². The van der Waals surface area contributed by atoms with Gasteiger partial charge in [0.1, 0.15) is 0 Å². The van der Waals surface area contributed by atoms with E-state index in [1.54, 1.807) is 0 Å². The van der Waals surface area contributed by atoms with Crippen molar-refractivity contribution in [2.75, 3.05) is 7.11 Å². The molecule has 1 heterocycles. The molecule has 1 aromatic carbocycles. The Morgan fingerprint density at radius 1 is 1.17 bits per heavy atom. The monoisotopic (exact) mass is 411 g/mol. The fraction of sp³-hybridized carbons (Fsp3) is 0.542. The van der Waals surface area contributed by atoms with E-state index in [-0.39, 0.29) is 17.9 Å². The normalized spacial score (nSPS) is 14.3. The van der Waals surface area contributed by atoms with Crippen LogP contribution >= 0.6 is 0 Å². The molecule has 1 aliphatic carbocycles. The summed E-state index contributed by atoms with van der Waals surface area (Å²) in [5.41, 5.74) is 4.60. The van der Waals surface area contributed by atoms with Crippen LogP contribution in [-0.2, 0) is 16.0 Å². The molecule has 2 aromatic rings. The predicted molar refractivity (Wildman–Crippen MR) is 117 cm³/mol. The van der Waals surface area contributed by atoms with Crippen LogP contribution in [0, 0.1) is 13.8 Å². The van der Waals surface area contributed by atoms with Gasteiger partial charge >= 0.3 is 5.97 Å². The van der Waals surface area contributed by atoms with Crippen LogP contribution in [0.15, 0.2) is 24.3 Å². The van der Waals surface area contributed by atoms with Crippen molar-refractivity contribution < 1.29 is 14.3 Å². The fourth-order valence-corrected chi connectivity index (χ4v) is 4.52. The van der Waals surface area contributed by atoms with Gasteiger partial charge in [-0.2, -0.15) is 5.10 Å². The molecule has 0 N–H and O–H groups in total. The van der Waals surface area contributed by atoms with Crippen molar-refractivity contribution in [1.82, 2.24) is 14.7 Å². The van der Waals surface area contributed by atoms with Crippen LogP contribution < -0.4 is 0 Å². The van der Waals surface area contributed by atoms with Crippen LogP contribution in [0.2, 0.25) is 0 Å². The highest BCUT2D eigenvalue weighted by Crippen LogP contribution is 2.27. The zero-order valence-corrected chi connectivity index (χ0v) is 18.8. The summed E-state index contributed by atoms with van der Waals surface area (Å²) < 4.78 is 6.63. The van der Waals surface area contributed by atoms with Crippen molar-refractivity contribution in [2.24, 2.45) is 0 Å². The molecule has 1 fully saturated rings. The Balaban J connectivity index is 1.80. The number of carbonyl (C=O) groups excluding carboxylic acids is 2. The SMILES string of the molecule is COC(=O)CCc1c(C)nn(-c2ccc(C(=O)N(C(C)C)C3CCCC3)cc2)c1C. The van der Waals surface area contributed by atoms with Gasteiger partial charge < -0.3 is 9.64 Å². The second-order valence-corrected chi connectivity index (χ2v) is 8.43.